The number of rotatable bonds is 8. The van der Waals surface area contributed by atoms with E-state index in [1.54, 1.807) is 50.6 Å². The summed E-state index contributed by atoms with van der Waals surface area (Å²) in [5, 5.41) is 8.53. The van der Waals surface area contributed by atoms with Gasteiger partial charge in [0.1, 0.15) is 17.0 Å². The fourth-order valence-corrected chi connectivity index (χ4v) is 5.20. The first-order valence-corrected chi connectivity index (χ1v) is 11.4. The third-order valence-electron chi connectivity index (χ3n) is 6.82. The number of carbonyl (C=O) groups excluding carboxylic acids is 2. The van der Waals surface area contributed by atoms with Crippen LogP contribution in [-0.2, 0) is 23.0 Å². The van der Waals surface area contributed by atoms with Gasteiger partial charge in [0.15, 0.2) is 5.78 Å². The molecule has 3 heterocycles. The zero-order valence-electron chi connectivity index (χ0n) is 18.5. The van der Waals surface area contributed by atoms with Gasteiger partial charge in [0.2, 0.25) is 0 Å². The largest absolute Gasteiger partial charge is 0.457 e. The van der Waals surface area contributed by atoms with E-state index in [0.29, 0.717) is 39.8 Å². The number of nitrogens with zero attached hydrogens (tertiary/aromatic N) is 5. The molecule has 3 saturated carbocycles. The van der Waals surface area contributed by atoms with E-state index in [0.717, 1.165) is 5.92 Å². The molecule has 8 nitrogen and oxygen atoms in total. The van der Waals surface area contributed by atoms with E-state index in [4.69, 9.17) is 16.3 Å². The van der Waals surface area contributed by atoms with Crippen molar-refractivity contribution in [1.82, 2.24) is 25.0 Å². The van der Waals surface area contributed by atoms with Crippen LogP contribution in [0.1, 0.15) is 60.3 Å². The molecule has 6 rings (SSSR count). The number of pyridine rings is 2. The lowest BCUT2D eigenvalue weighted by atomic mass is 9.43. The second-order valence-corrected chi connectivity index (χ2v) is 9.57. The molecule has 3 aromatic rings. The van der Waals surface area contributed by atoms with Gasteiger partial charge in [0, 0.05) is 37.0 Å². The molecule has 33 heavy (non-hydrogen) atoms. The van der Waals surface area contributed by atoms with Gasteiger partial charge in [-0.25, -0.2) is 4.98 Å². The number of Topliss-reactive ketones (excluding diaryl/α,β-unsaturated/α-hetero) is 1. The molecule has 3 aromatic heterocycles. The molecule has 9 heteroatoms. The summed E-state index contributed by atoms with van der Waals surface area (Å²) in [4.78, 5) is 33.7. The molecule has 0 aliphatic heterocycles. The summed E-state index contributed by atoms with van der Waals surface area (Å²) in [6.07, 6.45) is 6.76. The van der Waals surface area contributed by atoms with Gasteiger partial charge in [0.25, 0.3) is 0 Å². The average molecular weight is 466 g/mol. The second-order valence-electron chi connectivity index (χ2n) is 9.21. The van der Waals surface area contributed by atoms with Gasteiger partial charge in [-0.2, -0.15) is 0 Å². The molecule has 3 aliphatic carbocycles. The molecule has 0 N–H and O–H groups in total. The zero-order valence-corrected chi connectivity index (χ0v) is 19.2. The summed E-state index contributed by atoms with van der Waals surface area (Å²) in [5.41, 5.74) is 3.11. The van der Waals surface area contributed by atoms with Crippen molar-refractivity contribution in [3.8, 4) is 11.4 Å². The highest BCUT2D eigenvalue weighted by Crippen LogP contribution is 2.66. The minimum atomic E-state index is -0.548. The van der Waals surface area contributed by atoms with Crippen LogP contribution < -0.4 is 0 Å². The molecule has 170 valence electrons. The maximum Gasteiger partial charge on any atom is 0.312 e. The van der Waals surface area contributed by atoms with Crippen molar-refractivity contribution < 1.29 is 14.3 Å². The molecule has 2 bridgehead atoms. The highest BCUT2D eigenvalue weighted by atomic mass is 35.5. The monoisotopic (exact) mass is 465 g/mol. The van der Waals surface area contributed by atoms with Crippen LogP contribution in [0, 0.1) is 11.3 Å². The van der Waals surface area contributed by atoms with E-state index in [9.17, 15) is 9.59 Å². The van der Waals surface area contributed by atoms with Gasteiger partial charge in [0.05, 0.1) is 17.8 Å². The van der Waals surface area contributed by atoms with Crippen LogP contribution in [0.15, 0.2) is 36.7 Å². The summed E-state index contributed by atoms with van der Waals surface area (Å²) in [7, 11) is 1.71. The molecular weight excluding hydrogens is 442 g/mol. The molecule has 3 fully saturated rings. The number of carbonyl (C=O) groups is 2. The fourth-order valence-electron chi connectivity index (χ4n) is 4.93. The maximum atomic E-state index is 12.6. The van der Waals surface area contributed by atoms with Crippen molar-refractivity contribution in [1.29, 1.82) is 0 Å². The zero-order chi connectivity index (χ0) is 23.2. The minimum Gasteiger partial charge on any atom is -0.457 e. The summed E-state index contributed by atoms with van der Waals surface area (Å²) < 4.78 is 7.09. The molecule has 0 unspecified atom stereocenters. The molecule has 0 spiro atoms. The number of hydrogen-bond donors (Lipinski definition) is 0. The Kier molecular flexibility index (Phi) is 5.48. The van der Waals surface area contributed by atoms with Crippen LogP contribution in [0.25, 0.3) is 11.4 Å². The van der Waals surface area contributed by atoms with Gasteiger partial charge in [-0.05, 0) is 55.7 Å². The number of aryl methyl sites for hydroxylation is 1. The lowest BCUT2D eigenvalue weighted by molar-refractivity contribution is -0.147. The van der Waals surface area contributed by atoms with Crippen molar-refractivity contribution in [3.05, 3.63) is 58.6 Å². The van der Waals surface area contributed by atoms with Crippen molar-refractivity contribution in [3.63, 3.8) is 0 Å². The Morgan fingerprint density at radius 2 is 2.03 bits per heavy atom. The van der Waals surface area contributed by atoms with Crippen molar-refractivity contribution in [2.75, 3.05) is 0 Å². The Morgan fingerprint density at radius 3 is 2.67 bits per heavy atom. The number of aromatic nitrogens is 5. The van der Waals surface area contributed by atoms with Crippen molar-refractivity contribution in [2.24, 2.45) is 18.4 Å². The highest BCUT2D eigenvalue weighted by molar-refractivity contribution is 6.30. The van der Waals surface area contributed by atoms with Gasteiger partial charge in [-0.1, -0.05) is 22.9 Å². The van der Waals surface area contributed by atoms with Gasteiger partial charge < -0.3 is 4.74 Å². The highest BCUT2D eigenvalue weighted by Gasteiger charge is 2.56. The minimum absolute atomic E-state index is 0.0346. The maximum absolute atomic E-state index is 12.6. The number of esters is 1. The van der Waals surface area contributed by atoms with Gasteiger partial charge in [-0.15, -0.1) is 5.10 Å². The predicted molar refractivity (Wildman–Crippen MR) is 120 cm³/mol. The molecule has 0 amide bonds. The SMILES string of the molecule is C[C@@H](OC(=O)Cc1c(-c2ccc(C(=O)CC34CC(C3)C4)cn2)nnn1C)c1cccnc1Cl. The van der Waals surface area contributed by atoms with E-state index >= 15 is 0 Å². The summed E-state index contributed by atoms with van der Waals surface area (Å²) >= 11 is 6.10. The topological polar surface area (TPSA) is 99.9 Å². The van der Waals surface area contributed by atoms with Crippen molar-refractivity contribution >= 4 is 23.4 Å². The molecule has 0 aromatic carbocycles. The van der Waals surface area contributed by atoms with E-state index in [1.165, 1.54) is 23.9 Å². The quantitative estimate of drug-likeness (QED) is 0.280. The Morgan fingerprint density at radius 1 is 1.24 bits per heavy atom. The average Bonchev–Trinajstić information content (AvgIpc) is 3.10. The predicted octanol–water partition coefficient (Wildman–Crippen LogP) is 4.15. The Balaban J connectivity index is 1.27. The third-order valence-corrected chi connectivity index (χ3v) is 7.13. The first-order valence-electron chi connectivity index (χ1n) is 11.0. The molecule has 0 radical (unpaired) electrons. The Bertz CT molecular complexity index is 1210. The Labute approximate surface area is 196 Å². The molecule has 1 atom stereocenters. The van der Waals surface area contributed by atoms with Gasteiger partial charge in [-0.3, -0.25) is 19.3 Å². The first-order chi connectivity index (χ1) is 15.8. The molecule has 3 aliphatic rings. The number of hydrogen-bond acceptors (Lipinski definition) is 7. The fraction of sp³-hybridized carbons (Fsp3) is 0.417. The van der Waals surface area contributed by atoms with Crippen LogP contribution in [0.5, 0.6) is 0 Å². The lowest BCUT2D eigenvalue weighted by Crippen LogP contribution is -2.52. The standard InChI is InChI=1S/C24H24ClN5O3/c1-14(17-4-3-7-26-23(17)25)33-21(32)8-19-22(28-29-30(19)2)18-6-5-16(13-27-18)20(31)12-24-9-15(10-24)11-24/h3-7,13-15H,8-12H2,1-2H3/t14-,15?,24?/m1/s1. The lowest BCUT2D eigenvalue weighted by Gasteiger charge is -2.61. The summed E-state index contributed by atoms with van der Waals surface area (Å²) in [6.45, 7) is 1.74. The Hall–Kier alpha value is -3.13. The van der Waals surface area contributed by atoms with Crippen LogP contribution in [0.2, 0.25) is 5.15 Å². The smallest absolute Gasteiger partial charge is 0.312 e. The van der Waals surface area contributed by atoms with Crippen LogP contribution in [-0.4, -0.2) is 36.7 Å². The third kappa shape index (κ3) is 4.15. The van der Waals surface area contributed by atoms with E-state index in [-0.39, 0.29) is 17.6 Å². The van der Waals surface area contributed by atoms with E-state index < -0.39 is 12.1 Å². The van der Waals surface area contributed by atoms with E-state index in [2.05, 4.69) is 20.3 Å². The van der Waals surface area contributed by atoms with Crippen molar-refractivity contribution in [2.45, 2.75) is 45.1 Å². The number of halogens is 1. The number of ketones is 1. The number of ether oxygens (including phenoxy) is 1. The van der Waals surface area contributed by atoms with Crippen LogP contribution >= 0.6 is 11.6 Å². The van der Waals surface area contributed by atoms with Crippen LogP contribution in [0.4, 0.5) is 0 Å². The van der Waals surface area contributed by atoms with E-state index in [1.807, 2.05) is 0 Å². The normalized spacial score (nSPS) is 21.6. The second kappa shape index (κ2) is 8.33. The first kappa shape index (κ1) is 21.7. The molecule has 0 saturated heterocycles. The molecular formula is C24H24ClN5O3. The summed E-state index contributed by atoms with van der Waals surface area (Å²) in [6, 6.07) is 7.04. The summed E-state index contributed by atoms with van der Waals surface area (Å²) in [5.74, 6) is 0.544. The van der Waals surface area contributed by atoms with Gasteiger partial charge >= 0.3 is 5.97 Å². The van der Waals surface area contributed by atoms with Crippen LogP contribution in [0.3, 0.4) is 0 Å².